The third kappa shape index (κ3) is 3.06. The third-order valence-electron chi connectivity index (χ3n) is 2.69. The van der Waals surface area contributed by atoms with Crippen LogP contribution < -0.4 is 5.73 Å². The van der Waals surface area contributed by atoms with E-state index >= 15 is 0 Å². The van der Waals surface area contributed by atoms with Crippen molar-refractivity contribution in [2.24, 2.45) is 11.7 Å². The van der Waals surface area contributed by atoms with E-state index in [4.69, 9.17) is 5.73 Å². The van der Waals surface area contributed by atoms with Crippen LogP contribution >= 0.6 is 0 Å². The van der Waals surface area contributed by atoms with Crippen LogP contribution in [0.4, 0.5) is 0 Å². The monoisotopic (exact) mass is 153 g/mol. The summed E-state index contributed by atoms with van der Waals surface area (Å²) >= 11 is 0. The second kappa shape index (κ2) is 4.55. The molecule has 1 aliphatic carbocycles. The molecular weight excluding hydrogens is 134 g/mol. The quantitative estimate of drug-likeness (QED) is 0.617. The minimum Gasteiger partial charge on any atom is -0.324 e. The summed E-state index contributed by atoms with van der Waals surface area (Å²) in [7, 11) is 0. The lowest BCUT2D eigenvalue weighted by Gasteiger charge is -2.10. The van der Waals surface area contributed by atoms with Crippen molar-refractivity contribution in [3.63, 3.8) is 0 Å². The molecule has 0 spiro atoms. The summed E-state index contributed by atoms with van der Waals surface area (Å²) in [5.41, 5.74) is 5.73. The number of nitrogens with two attached hydrogens (primary N) is 1. The predicted molar refractivity (Wildman–Crippen MR) is 49.4 cm³/mol. The van der Waals surface area contributed by atoms with Gasteiger partial charge >= 0.3 is 0 Å². The molecule has 0 saturated heterocycles. The topological polar surface area (TPSA) is 26.0 Å². The van der Waals surface area contributed by atoms with Crippen molar-refractivity contribution in [2.45, 2.75) is 44.6 Å². The van der Waals surface area contributed by atoms with Crippen molar-refractivity contribution in [2.75, 3.05) is 0 Å². The first-order valence-corrected chi connectivity index (χ1v) is 4.71. The molecular formula is C10H19N. The normalized spacial score (nSPS) is 21.9. The van der Waals surface area contributed by atoms with Crippen LogP contribution in [-0.4, -0.2) is 6.04 Å². The van der Waals surface area contributed by atoms with Crippen molar-refractivity contribution in [3.8, 4) is 0 Å². The van der Waals surface area contributed by atoms with E-state index in [1.807, 2.05) is 6.08 Å². The summed E-state index contributed by atoms with van der Waals surface area (Å²) in [5.74, 6) is 0.973. The van der Waals surface area contributed by atoms with E-state index in [0.29, 0.717) is 0 Å². The molecule has 1 rings (SSSR count). The smallest absolute Gasteiger partial charge is 0.0221 e. The highest BCUT2D eigenvalue weighted by molar-refractivity contribution is 4.83. The maximum absolute atomic E-state index is 5.73. The first-order chi connectivity index (χ1) is 5.33. The number of hydrogen-bond donors (Lipinski definition) is 1. The first-order valence-electron chi connectivity index (χ1n) is 4.71. The molecule has 0 bridgehead atoms. The Labute approximate surface area is 69.7 Å². The van der Waals surface area contributed by atoms with Crippen LogP contribution in [-0.2, 0) is 0 Å². The Bertz CT molecular complexity index is 114. The van der Waals surface area contributed by atoms with E-state index in [-0.39, 0.29) is 6.04 Å². The summed E-state index contributed by atoms with van der Waals surface area (Å²) in [6, 6.07) is 0.232. The SMILES string of the molecule is C=CC(N)CCC1CCCC1. The molecule has 1 saturated carbocycles. The molecule has 1 heteroatoms. The molecule has 1 nitrogen and oxygen atoms in total. The molecule has 11 heavy (non-hydrogen) atoms. The van der Waals surface area contributed by atoms with Gasteiger partial charge in [-0.2, -0.15) is 0 Å². The minimum absolute atomic E-state index is 0.232. The molecule has 0 radical (unpaired) electrons. The largest absolute Gasteiger partial charge is 0.324 e. The van der Waals surface area contributed by atoms with E-state index in [1.54, 1.807) is 0 Å². The second-order valence-corrected chi connectivity index (χ2v) is 3.63. The lowest BCUT2D eigenvalue weighted by atomic mass is 9.99. The van der Waals surface area contributed by atoms with E-state index in [0.717, 1.165) is 12.3 Å². The minimum atomic E-state index is 0.232. The summed E-state index contributed by atoms with van der Waals surface area (Å²) in [5, 5.41) is 0. The third-order valence-corrected chi connectivity index (χ3v) is 2.69. The predicted octanol–water partition coefficient (Wildman–Crippen LogP) is 2.47. The van der Waals surface area contributed by atoms with E-state index in [2.05, 4.69) is 6.58 Å². The molecule has 64 valence electrons. The Kier molecular flexibility index (Phi) is 3.64. The zero-order valence-corrected chi connectivity index (χ0v) is 7.26. The van der Waals surface area contributed by atoms with Gasteiger partial charge in [-0.15, -0.1) is 6.58 Å². The van der Waals surface area contributed by atoms with Crippen LogP contribution in [0, 0.1) is 5.92 Å². The lowest BCUT2D eigenvalue weighted by molar-refractivity contribution is 0.470. The summed E-state index contributed by atoms with van der Waals surface area (Å²) < 4.78 is 0. The van der Waals surface area contributed by atoms with Crippen LogP contribution in [0.1, 0.15) is 38.5 Å². The molecule has 0 aromatic heterocycles. The molecule has 0 amide bonds. The van der Waals surface area contributed by atoms with Crippen molar-refractivity contribution in [1.29, 1.82) is 0 Å². The Morgan fingerprint density at radius 2 is 2.09 bits per heavy atom. The van der Waals surface area contributed by atoms with Crippen molar-refractivity contribution < 1.29 is 0 Å². The molecule has 0 aromatic carbocycles. The van der Waals surface area contributed by atoms with Crippen LogP contribution in [0.15, 0.2) is 12.7 Å². The Morgan fingerprint density at radius 1 is 1.45 bits per heavy atom. The summed E-state index contributed by atoms with van der Waals surface area (Å²) in [4.78, 5) is 0. The van der Waals surface area contributed by atoms with Gasteiger partial charge in [0.05, 0.1) is 0 Å². The number of hydrogen-bond acceptors (Lipinski definition) is 1. The Balaban J connectivity index is 2.06. The Hall–Kier alpha value is -0.300. The molecule has 2 N–H and O–H groups in total. The molecule has 0 aromatic rings. The van der Waals surface area contributed by atoms with Gasteiger partial charge in [-0.05, 0) is 18.8 Å². The van der Waals surface area contributed by atoms with Crippen molar-refractivity contribution in [3.05, 3.63) is 12.7 Å². The second-order valence-electron chi connectivity index (χ2n) is 3.63. The maximum Gasteiger partial charge on any atom is 0.0221 e. The zero-order chi connectivity index (χ0) is 8.10. The average molecular weight is 153 g/mol. The van der Waals surface area contributed by atoms with Gasteiger partial charge in [0.1, 0.15) is 0 Å². The fourth-order valence-electron chi connectivity index (χ4n) is 1.85. The molecule has 0 aliphatic heterocycles. The fourth-order valence-corrected chi connectivity index (χ4v) is 1.85. The van der Waals surface area contributed by atoms with E-state index in [1.165, 1.54) is 32.1 Å². The van der Waals surface area contributed by atoms with E-state index < -0.39 is 0 Å². The highest BCUT2D eigenvalue weighted by Crippen LogP contribution is 2.28. The molecule has 0 heterocycles. The van der Waals surface area contributed by atoms with Crippen LogP contribution in [0.5, 0.6) is 0 Å². The Morgan fingerprint density at radius 3 is 2.64 bits per heavy atom. The molecule has 1 atom stereocenters. The van der Waals surface area contributed by atoms with Gasteiger partial charge in [-0.1, -0.05) is 31.8 Å². The molecule has 1 fully saturated rings. The van der Waals surface area contributed by atoms with Crippen LogP contribution in [0.2, 0.25) is 0 Å². The molecule has 1 unspecified atom stereocenters. The van der Waals surface area contributed by atoms with Gasteiger partial charge in [0.15, 0.2) is 0 Å². The molecule has 1 aliphatic rings. The number of rotatable bonds is 4. The van der Waals surface area contributed by atoms with Crippen LogP contribution in [0.25, 0.3) is 0 Å². The van der Waals surface area contributed by atoms with Gasteiger partial charge in [0.25, 0.3) is 0 Å². The average Bonchev–Trinajstić information content (AvgIpc) is 2.52. The van der Waals surface area contributed by atoms with Gasteiger partial charge in [0, 0.05) is 6.04 Å². The highest BCUT2D eigenvalue weighted by Gasteiger charge is 2.14. The summed E-state index contributed by atoms with van der Waals surface area (Å²) in [6.45, 7) is 3.68. The van der Waals surface area contributed by atoms with Gasteiger partial charge in [0.2, 0.25) is 0 Å². The van der Waals surface area contributed by atoms with Crippen LogP contribution in [0.3, 0.4) is 0 Å². The highest BCUT2D eigenvalue weighted by atomic mass is 14.6. The lowest BCUT2D eigenvalue weighted by Crippen LogP contribution is -2.17. The summed E-state index contributed by atoms with van der Waals surface area (Å²) in [6.07, 6.45) is 10.0. The fraction of sp³-hybridized carbons (Fsp3) is 0.800. The van der Waals surface area contributed by atoms with Gasteiger partial charge in [-0.3, -0.25) is 0 Å². The van der Waals surface area contributed by atoms with Gasteiger partial charge in [-0.25, -0.2) is 0 Å². The van der Waals surface area contributed by atoms with Gasteiger partial charge < -0.3 is 5.73 Å². The maximum atomic E-state index is 5.73. The van der Waals surface area contributed by atoms with Crippen molar-refractivity contribution in [1.82, 2.24) is 0 Å². The zero-order valence-electron chi connectivity index (χ0n) is 7.26. The standard InChI is InChI=1S/C10H19N/c1-2-10(11)8-7-9-5-3-4-6-9/h2,9-10H,1,3-8,11H2. The first kappa shape index (κ1) is 8.79. The van der Waals surface area contributed by atoms with Crippen molar-refractivity contribution >= 4 is 0 Å². The van der Waals surface area contributed by atoms with E-state index in [9.17, 15) is 0 Å².